The second kappa shape index (κ2) is 27.0. The maximum Gasteiger partial charge on any atom is 0.338 e. The van der Waals surface area contributed by atoms with Gasteiger partial charge in [-0.2, -0.15) is 0 Å². The molecule has 1 unspecified atom stereocenters. The monoisotopic (exact) mass is 1100 g/mol. The molecular formula is C57H78Cl2N8O10. The van der Waals surface area contributed by atoms with Gasteiger partial charge in [-0.3, -0.25) is 28.8 Å². The van der Waals surface area contributed by atoms with Crippen molar-refractivity contribution in [3.05, 3.63) is 106 Å². The number of likely N-dealkylation sites (tertiary alicyclic amines) is 2. The van der Waals surface area contributed by atoms with E-state index in [-0.39, 0.29) is 85.8 Å². The molecule has 6 amide bonds. The van der Waals surface area contributed by atoms with Crippen molar-refractivity contribution in [3.8, 4) is 0 Å². The number of benzene rings is 3. The van der Waals surface area contributed by atoms with E-state index < -0.39 is 95.3 Å². The predicted octanol–water partition coefficient (Wildman–Crippen LogP) is 5.06. The molecule has 2 fully saturated rings. The molecule has 3 aromatic carbocycles. The Morgan fingerprint density at radius 3 is 1.44 bits per heavy atom. The molecule has 0 radical (unpaired) electrons. The van der Waals surface area contributed by atoms with Gasteiger partial charge in [0.1, 0.15) is 36.4 Å². The van der Waals surface area contributed by atoms with Crippen molar-refractivity contribution in [2.45, 2.75) is 160 Å². The first-order valence-corrected chi connectivity index (χ1v) is 26.5. The van der Waals surface area contributed by atoms with Crippen molar-refractivity contribution < 1.29 is 47.8 Å². The van der Waals surface area contributed by atoms with Crippen LogP contribution in [0.1, 0.15) is 142 Å². The molecule has 6 N–H and O–H groups in total. The van der Waals surface area contributed by atoms with Crippen LogP contribution in [-0.4, -0.2) is 133 Å². The van der Waals surface area contributed by atoms with E-state index in [2.05, 4.69) is 31.9 Å². The third-order valence-corrected chi connectivity index (χ3v) is 15.2. The molecule has 0 saturated carbocycles. The van der Waals surface area contributed by atoms with E-state index >= 15 is 0 Å². The van der Waals surface area contributed by atoms with Crippen molar-refractivity contribution in [2.75, 3.05) is 27.2 Å². The molecule has 18 nitrogen and oxygen atoms in total. The quantitative estimate of drug-likeness (QED) is 0.0975. The number of rotatable bonds is 17. The summed E-state index contributed by atoms with van der Waals surface area (Å²) < 4.78 is 12.1. The molecule has 4 aliphatic rings. The molecule has 2 aliphatic carbocycles. The number of aryl methyl sites for hydroxylation is 2. The minimum atomic E-state index is -1.04. The number of halogens is 2. The summed E-state index contributed by atoms with van der Waals surface area (Å²) in [6, 6.07) is 15.8. The van der Waals surface area contributed by atoms with Gasteiger partial charge >= 0.3 is 11.9 Å². The third-order valence-electron chi connectivity index (χ3n) is 15.2. The van der Waals surface area contributed by atoms with E-state index in [9.17, 15) is 38.4 Å². The van der Waals surface area contributed by atoms with Gasteiger partial charge < -0.3 is 51.2 Å². The number of nitrogens with one attached hydrogen (secondary N) is 6. The maximum absolute atomic E-state index is 14.7. The Kier molecular flexibility index (Phi) is 21.7. The molecule has 420 valence electrons. The molecule has 20 heteroatoms. The highest BCUT2D eigenvalue weighted by molar-refractivity contribution is 5.97. The van der Waals surface area contributed by atoms with Gasteiger partial charge in [-0.15, -0.1) is 24.8 Å². The Morgan fingerprint density at radius 1 is 0.584 bits per heavy atom. The van der Waals surface area contributed by atoms with E-state index in [0.29, 0.717) is 12.8 Å². The predicted molar refractivity (Wildman–Crippen MR) is 295 cm³/mol. The first-order chi connectivity index (χ1) is 35.7. The number of hydrogen-bond acceptors (Lipinski definition) is 12. The highest BCUT2D eigenvalue weighted by atomic mass is 35.5. The molecule has 0 aromatic heterocycles. The molecule has 7 rings (SSSR count). The van der Waals surface area contributed by atoms with Gasteiger partial charge in [0.25, 0.3) is 0 Å². The second-order valence-corrected chi connectivity index (χ2v) is 22.0. The summed E-state index contributed by atoms with van der Waals surface area (Å²) in [6.07, 6.45) is 3.03. The lowest BCUT2D eigenvalue weighted by Crippen LogP contribution is -2.59. The topological polar surface area (TPSA) is 234 Å². The van der Waals surface area contributed by atoms with Crippen LogP contribution in [0, 0.1) is 11.3 Å². The lowest BCUT2D eigenvalue weighted by molar-refractivity contribution is -0.144. The van der Waals surface area contributed by atoms with Crippen molar-refractivity contribution in [1.82, 2.24) is 41.7 Å². The average molecular weight is 1110 g/mol. The normalized spacial score (nSPS) is 22.3. The highest BCUT2D eigenvalue weighted by Gasteiger charge is 2.48. The Balaban J connectivity index is 0.00000547. The number of amides is 6. The van der Waals surface area contributed by atoms with E-state index in [1.165, 1.54) is 34.1 Å². The summed E-state index contributed by atoms with van der Waals surface area (Å²) >= 11 is 0. The van der Waals surface area contributed by atoms with Crippen LogP contribution in [-0.2, 0) is 51.1 Å². The lowest BCUT2D eigenvalue weighted by Gasteiger charge is -2.36. The minimum Gasteiger partial charge on any atom is -0.457 e. The Morgan fingerprint density at radius 2 is 1.01 bits per heavy atom. The Bertz CT molecular complexity index is 2630. The van der Waals surface area contributed by atoms with E-state index in [1.54, 1.807) is 41.8 Å². The van der Waals surface area contributed by atoms with Crippen LogP contribution in [0.25, 0.3) is 0 Å². The zero-order chi connectivity index (χ0) is 54.3. The van der Waals surface area contributed by atoms with Gasteiger partial charge in [0.15, 0.2) is 0 Å². The van der Waals surface area contributed by atoms with Crippen molar-refractivity contribution in [3.63, 3.8) is 0 Å². The second-order valence-electron chi connectivity index (χ2n) is 22.0. The summed E-state index contributed by atoms with van der Waals surface area (Å²) in [7, 11) is 3.28. The molecule has 10 atom stereocenters. The number of fused-ring (bicyclic) bond motifs is 2. The number of hydrogen-bond donors (Lipinski definition) is 6. The van der Waals surface area contributed by atoms with Crippen LogP contribution in [0.5, 0.6) is 0 Å². The van der Waals surface area contributed by atoms with Crippen molar-refractivity contribution >= 4 is 72.2 Å². The van der Waals surface area contributed by atoms with Crippen molar-refractivity contribution in [2.24, 2.45) is 11.3 Å². The van der Waals surface area contributed by atoms with E-state index in [1.807, 2.05) is 69.3 Å². The van der Waals surface area contributed by atoms with E-state index in [0.717, 1.165) is 47.9 Å². The summed E-state index contributed by atoms with van der Waals surface area (Å²) in [4.78, 5) is 115. The van der Waals surface area contributed by atoms with Gasteiger partial charge in [0.2, 0.25) is 35.4 Å². The first-order valence-electron chi connectivity index (χ1n) is 26.5. The number of nitrogens with zero attached hydrogens (tertiary/aromatic N) is 2. The molecular weight excluding hydrogens is 1030 g/mol. The number of likely N-dealkylation sites (N-methyl/N-ethyl adjacent to an activating group) is 2. The largest absolute Gasteiger partial charge is 0.457 e. The fourth-order valence-corrected chi connectivity index (χ4v) is 10.6. The molecule has 3 aromatic rings. The standard InChI is InChI=1S/C57H76N8O10.2ClH/c1-32(2)47(62-49(66)33(3)58-8)53(70)64-30-39(28-45(64)51(68)60-43-25-15-19-35-17-10-12-23-41(35)43)74-55(72)37-21-14-22-38(27-37)56(73)75-40-29-46(52(69)61-44-26-16-20-36-18-11-13-24-42(36)44)65(31-40)54(71)48(57(5,6)7)63-50(67)34(4)59-9;;/h10-14,17-18,21-24,27,32-34,39-40,43-48,58-59H,15-16,19-20,25-26,28-31H2,1-9H3,(H,60,68)(H,61,69)(H,62,66)(H,63,67);2*1H/t33-,34-,39-,40-,43+,44+,45?,46-,47+,48-;;/m0../s1. The molecule has 0 bridgehead atoms. The van der Waals surface area contributed by atoms with Crippen LogP contribution in [0.2, 0.25) is 0 Å². The molecule has 2 saturated heterocycles. The van der Waals surface area contributed by atoms with Crippen LogP contribution in [0.3, 0.4) is 0 Å². The average Bonchev–Trinajstić information content (AvgIpc) is 4.05. The van der Waals surface area contributed by atoms with Gasteiger partial charge in [-0.25, -0.2) is 9.59 Å². The molecule has 0 spiro atoms. The summed E-state index contributed by atoms with van der Waals surface area (Å²) in [5, 5.41) is 17.9. The third kappa shape index (κ3) is 14.7. The zero-order valence-corrected chi connectivity index (χ0v) is 47.3. The zero-order valence-electron chi connectivity index (χ0n) is 45.6. The molecule has 2 heterocycles. The summed E-state index contributed by atoms with van der Waals surface area (Å²) in [6.45, 7) is 12.2. The number of carbonyl (C=O) groups is 8. The lowest BCUT2D eigenvalue weighted by atomic mass is 9.85. The highest BCUT2D eigenvalue weighted by Crippen LogP contribution is 2.34. The molecule has 2 aliphatic heterocycles. The fourth-order valence-electron chi connectivity index (χ4n) is 10.6. The SMILES string of the molecule is CN[C@@H](C)C(=O)N[C@@H](C(=O)N1C[C@@H](OC(=O)c2cccc(C(=O)O[C@H]3C[C@@H](C(=O)N[C@@H]4CCCc5ccccc54)N(C(=O)[C@H](NC(=O)[C@H](C)NC)C(C)(C)C)C3)c2)CC1C(=O)N[C@@H]1CCCc2ccccc21)C(C)C.Cl.Cl. The van der Waals surface area contributed by atoms with Crippen molar-refractivity contribution in [1.29, 1.82) is 0 Å². The van der Waals surface area contributed by atoms with Crippen LogP contribution in [0.4, 0.5) is 0 Å². The minimum absolute atomic E-state index is 0. The smallest absolute Gasteiger partial charge is 0.338 e. The first kappa shape index (κ1) is 61.8. The maximum atomic E-state index is 14.7. The number of esters is 2. The summed E-state index contributed by atoms with van der Waals surface area (Å²) in [5.74, 6) is -4.52. The molecule has 77 heavy (non-hydrogen) atoms. The van der Waals surface area contributed by atoms with Gasteiger partial charge in [0.05, 0.1) is 48.4 Å². The summed E-state index contributed by atoms with van der Waals surface area (Å²) in [5.41, 5.74) is 3.57. The van der Waals surface area contributed by atoms with Crippen LogP contribution >= 0.6 is 24.8 Å². The number of carbonyl (C=O) groups excluding carboxylic acids is 8. The van der Waals surface area contributed by atoms with Crippen LogP contribution in [0.15, 0.2) is 72.8 Å². The Hall–Kier alpha value is -6.08. The Labute approximate surface area is 464 Å². The van der Waals surface area contributed by atoms with E-state index in [4.69, 9.17) is 9.47 Å². The van der Waals surface area contributed by atoms with Crippen LogP contribution < -0.4 is 31.9 Å². The van der Waals surface area contributed by atoms with Gasteiger partial charge in [-0.05, 0) is 118 Å². The fraction of sp³-hybridized carbons (Fsp3) is 0.544. The number of ether oxygens (including phenoxy) is 2. The van der Waals surface area contributed by atoms with Gasteiger partial charge in [0, 0.05) is 12.8 Å². The van der Waals surface area contributed by atoms with Gasteiger partial charge in [-0.1, -0.05) is 89.2 Å².